The average molecular weight is 383 g/mol. The fourth-order valence-electron chi connectivity index (χ4n) is 4.99. The smallest absolute Gasteiger partial charge is 0.176 e. The number of hydrogen-bond acceptors (Lipinski definition) is 4. The molecule has 0 aromatic heterocycles. The van der Waals surface area contributed by atoms with Crippen molar-refractivity contribution in [1.29, 1.82) is 0 Å². The standard InChI is InChI=1S/C23H26FNO3/c1-28-23(10-16-5-3-2-4-6-16)11-18-13-25(14-19(18)12-23)15-22(27)17-7-8-21(26)20(24)9-17/h2-9,18-19,26H,10-15H2,1H3. The molecular formula is C23H26FNO3. The Morgan fingerprint density at radius 1 is 1.18 bits per heavy atom. The maximum absolute atomic E-state index is 13.5. The van der Waals surface area contributed by atoms with Gasteiger partial charge in [0.1, 0.15) is 0 Å². The van der Waals surface area contributed by atoms with Crippen molar-refractivity contribution in [3.63, 3.8) is 0 Å². The Bertz CT molecular complexity index is 840. The first-order valence-electron chi connectivity index (χ1n) is 9.81. The van der Waals surface area contributed by atoms with Crippen LogP contribution in [-0.4, -0.2) is 48.1 Å². The number of methoxy groups -OCH3 is 1. The molecule has 2 aromatic carbocycles. The Morgan fingerprint density at radius 2 is 1.86 bits per heavy atom. The molecule has 1 saturated heterocycles. The lowest BCUT2D eigenvalue weighted by atomic mass is 9.91. The molecule has 2 fully saturated rings. The van der Waals surface area contributed by atoms with E-state index >= 15 is 0 Å². The zero-order chi connectivity index (χ0) is 19.7. The van der Waals surface area contributed by atoms with Crippen molar-refractivity contribution < 1.29 is 19.0 Å². The van der Waals surface area contributed by atoms with Crippen molar-refractivity contribution >= 4 is 5.78 Å². The normalized spacial score (nSPS) is 27.1. The van der Waals surface area contributed by atoms with Crippen LogP contribution in [0, 0.1) is 17.7 Å². The van der Waals surface area contributed by atoms with Gasteiger partial charge in [-0.3, -0.25) is 9.69 Å². The van der Waals surface area contributed by atoms with Gasteiger partial charge in [-0.15, -0.1) is 0 Å². The summed E-state index contributed by atoms with van der Waals surface area (Å²) >= 11 is 0. The van der Waals surface area contributed by atoms with E-state index in [4.69, 9.17) is 4.74 Å². The van der Waals surface area contributed by atoms with E-state index in [9.17, 15) is 14.3 Å². The van der Waals surface area contributed by atoms with E-state index in [-0.39, 0.29) is 17.9 Å². The molecule has 4 nitrogen and oxygen atoms in total. The molecule has 2 aromatic rings. The molecule has 1 N–H and O–H groups in total. The molecule has 0 amide bonds. The number of nitrogens with zero attached hydrogens (tertiary/aromatic N) is 1. The highest BCUT2D eigenvalue weighted by atomic mass is 19.1. The van der Waals surface area contributed by atoms with Crippen LogP contribution in [0.1, 0.15) is 28.8 Å². The minimum absolute atomic E-state index is 0.110. The van der Waals surface area contributed by atoms with Gasteiger partial charge in [0.25, 0.3) is 0 Å². The predicted octanol–water partition coefficient (Wildman–Crippen LogP) is 3.68. The van der Waals surface area contributed by atoms with Gasteiger partial charge >= 0.3 is 0 Å². The summed E-state index contributed by atoms with van der Waals surface area (Å²) in [4.78, 5) is 14.7. The maximum Gasteiger partial charge on any atom is 0.176 e. The van der Waals surface area contributed by atoms with E-state index in [0.717, 1.165) is 38.4 Å². The van der Waals surface area contributed by atoms with Gasteiger partial charge in [0.05, 0.1) is 12.1 Å². The van der Waals surface area contributed by atoms with Crippen LogP contribution in [0.2, 0.25) is 0 Å². The molecule has 0 bridgehead atoms. The van der Waals surface area contributed by atoms with Crippen LogP contribution in [0.5, 0.6) is 5.75 Å². The van der Waals surface area contributed by atoms with E-state index in [0.29, 0.717) is 17.4 Å². The number of carbonyl (C=O) groups excluding carboxylic acids is 1. The van der Waals surface area contributed by atoms with Gasteiger partial charge in [-0.1, -0.05) is 30.3 Å². The van der Waals surface area contributed by atoms with Crippen molar-refractivity contribution in [2.45, 2.75) is 24.9 Å². The van der Waals surface area contributed by atoms with Gasteiger partial charge in [-0.05, 0) is 48.4 Å². The van der Waals surface area contributed by atoms with Crippen molar-refractivity contribution in [1.82, 2.24) is 4.90 Å². The van der Waals surface area contributed by atoms with Gasteiger partial charge in [0.2, 0.25) is 0 Å². The predicted molar refractivity (Wildman–Crippen MR) is 105 cm³/mol. The summed E-state index contributed by atoms with van der Waals surface area (Å²) < 4.78 is 19.5. The maximum atomic E-state index is 13.5. The zero-order valence-electron chi connectivity index (χ0n) is 16.1. The highest BCUT2D eigenvalue weighted by Crippen LogP contribution is 2.47. The average Bonchev–Trinajstić information content (AvgIpc) is 3.20. The Balaban J connectivity index is 1.37. The van der Waals surface area contributed by atoms with Crippen molar-refractivity contribution in [3.8, 4) is 5.75 Å². The lowest BCUT2D eigenvalue weighted by molar-refractivity contribution is -0.0129. The monoisotopic (exact) mass is 383 g/mol. The second kappa shape index (κ2) is 7.64. The first-order valence-corrected chi connectivity index (χ1v) is 9.81. The summed E-state index contributed by atoms with van der Waals surface area (Å²) in [5, 5.41) is 9.29. The van der Waals surface area contributed by atoms with Crippen LogP contribution >= 0.6 is 0 Å². The number of benzene rings is 2. The molecule has 0 spiro atoms. The van der Waals surface area contributed by atoms with Crippen molar-refractivity contribution in [3.05, 3.63) is 65.5 Å². The number of Topliss-reactive ketones (excluding diaryl/α,β-unsaturated/α-hetero) is 1. The number of carbonyl (C=O) groups is 1. The minimum Gasteiger partial charge on any atom is -0.505 e. The van der Waals surface area contributed by atoms with Gasteiger partial charge in [0, 0.05) is 32.2 Å². The summed E-state index contributed by atoms with van der Waals surface area (Å²) in [7, 11) is 1.81. The highest BCUT2D eigenvalue weighted by molar-refractivity contribution is 5.97. The van der Waals surface area contributed by atoms with Crippen LogP contribution in [0.25, 0.3) is 0 Å². The van der Waals surface area contributed by atoms with Crippen LogP contribution < -0.4 is 0 Å². The first-order chi connectivity index (χ1) is 13.5. The molecule has 5 heteroatoms. The lowest BCUT2D eigenvalue weighted by Crippen LogP contribution is -2.35. The molecule has 28 heavy (non-hydrogen) atoms. The van der Waals surface area contributed by atoms with Crippen LogP contribution in [-0.2, 0) is 11.2 Å². The number of likely N-dealkylation sites (tertiary alicyclic amines) is 1. The highest BCUT2D eigenvalue weighted by Gasteiger charge is 2.49. The largest absolute Gasteiger partial charge is 0.505 e. The molecule has 4 rings (SSSR count). The second-order valence-electron chi connectivity index (χ2n) is 8.26. The topological polar surface area (TPSA) is 49.8 Å². The number of phenolic OH excluding ortho intramolecular Hbond substituents is 1. The molecule has 148 valence electrons. The Labute approximate surface area is 164 Å². The van der Waals surface area contributed by atoms with Crippen LogP contribution in [0.15, 0.2) is 48.5 Å². The summed E-state index contributed by atoms with van der Waals surface area (Å²) in [6.07, 6.45) is 2.92. The van der Waals surface area contributed by atoms with E-state index in [1.165, 1.54) is 17.7 Å². The number of rotatable bonds is 6. The summed E-state index contributed by atoms with van der Waals surface area (Å²) in [6.45, 7) is 2.03. The minimum atomic E-state index is -0.755. The second-order valence-corrected chi connectivity index (χ2v) is 8.26. The van der Waals surface area contributed by atoms with E-state index < -0.39 is 11.6 Å². The SMILES string of the molecule is COC1(Cc2ccccc2)CC2CN(CC(=O)c3ccc(O)c(F)c3)CC2C1. The fourth-order valence-corrected chi connectivity index (χ4v) is 4.99. The van der Waals surface area contributed by atoms with Crippen molar-refractivity contribution in [2.24, 2.45) is 11.8 Å². The molecule has 2 unspecified atom stereocenters. The number of fused-ring (bicyclic) bond motifs is 1. The first kappa shape index (κ1) is 19.1. The quantitative estimate of drug-likeness (QED) is 0.773. The molecule has 1 saturated carbocycles. The summed E-state index contributed by atoms with van der Waals surface area (Å²) in [5.74, 6) is -0.251. The Kier molecular flexibility index (Phi) is 5.21. The van der Waals surface area contributed by atoms with Crippen molar-refractivity contribution in [2.75, 3.05) is 26.7 Å². The van der Waals surface area contributed by atoms with E-state index in [1.54, 1.807) is 0 Å². The number of phenols is 1. The third kappa shape index (κ3) is 3.82. The molecule has 0 radical (unpaired) electrons. The Morgan fingerprint density at radius 3 is 2.46 bits per heavy atom. The van der Waals surface area contributed by atoms with Gasteiger partial charge in [0.15, 0.2) is 17.3 Å². The van der Waals surface area contributed by atoms with Crippen LogP contribution in [0.4, 0.5) is 4.39 Å². The van der Waals surface area contributed by atoms with Gasteiger partial charge in [-0.25, -0.2) is 4.39 Å². The molecule has 1 heterocycles. The zero-order valence-corrected chi connectivity index (χ0v) is 16.1. The van der Waals surface area contributed by atoms with Crippen LogP contribution in [0.3, 0.4) is 0 Å². The number of halogens is 1. The number of ketones is 1. The van der Waals surface area contributed by atoms with E-state index in [2.05, 4.69) is 29.2 Å². The lowest BCUT2D eigenvalue weighted by Gasteiger charge is -2.30. The van der Waals surface area contributed by atoms with Gasteiger partial charge in [-0.2, -0.15) is 0 Å². The molecule has 1 aliphatic heterocycles. The number of ether oxygens (including phenoxy) is 1. The number of hydrogen-bond donors (Lipinski definition) is 1. The summed E-state index contributed by atoms with van der Waals surface area (Å²) in [5.41, 5.74) is 1.49. The number of aromatic hydroxyl groups is 1. The third-order valence-corrected chi connectivity index (χ3v) is 6.36. The van der Waals surface area contributed by atoms with Gasteiger partial charge < -0.3 is 9.84 Å². The summed E-state index contributed by atoms with van der Waals surface area (Å²) in [6, 6.07) is 14.3. The van der Waals surface area contributed by atoms with E-state index in [1.807, 2.05) is 13.2 Å². The molecule has 1 aliphatic carbocycles. The molecule has 2 atom stereocenters. The Hall–Kier alpha value is -2.24. The fraction of sp³-hybridized carbons (Fsp3) is 0.435. The third-order valence-electron chi connectivity index (χ3n) is 6.36. The molecular weight excluding hydrogens is 357 g/mol. The molecule has 2 aliphatic rings.